The van der Waals surface area contributed by atoms with Crippen molar-refractivity contribution in [3.63, 3.8) is 0 Å². The topological polar surface area (TPSA) is 72.2 Å². The summed E-state index contributed by atoms with van der Waals surface area (Å²) in [7, 11) is 0. The van der Waals surface area contributed by atoms with E-state index in [9.17, 15) is 19.3 Å². The van der Waals surface area contributed by atoms with E-state index in [1.54, 1.807) is 11.8 Å². The number of nitro benzene ring substituents is 1. The molecule has 0 aromatic heterocycles. The van der Waals surface area contributed by atoms with Crippen LogP contribution < -0.4 is 5.32 Å². The van der Waals surface area contributed by atoms with Crippen LogP contribution in [0.3, 0.4) is 0 Å². The van der Waals surface area contributed by atoms with E-state index >= 15 is 0 Å². The van der Waals surface area contributed by atoms with E-state index in [0.29, 0.717) is 6.54 Å². The molecule has 5 nitrogen and oxygen atoms in total. The highest BCUT2D eigenvalue weighted by molar-refractivity contribution is 8.00. The minimum absolute atomic E-state index is 0.0572. The van der Waals surface area contributed by atoms with Gasteiger partial charge in [-0.15, -0.1) is 0 Å². The van der Waals surface area contributed by atoms with Gasteiger partial charge in [0.2, 0.25) is 5.82 Å². The summed E-state index contributed by atoms with van der Waals surface area (Å²) >= 11 is 1.74. The fourth-order valence-electron chi connectivity index (χ4n) is 2.61. The van der Waals surface area contributed by atoms with Crippen molar-refractivity contribution in [3.05, 3.63) is 39.7 Å². The third kappa shape index (κ3) is 3.53. The van der Waals surface area contributed by atoms with Crippen LogP contribution in [0.1, 0.15) is 36.0 Å². The number of rotatable bonds is 5. The maximum Gasteiger partial charge on any atom is 0.305 e. The van der Waals surface area contributed by atoms with Gasteiger partial charge >= 0.3 is 5.69 Å². The van der Waals surface area contributed by atoms with Crippen LogP contribution in [-0.2, 0) is 0 Å². The highest BCUT2D eigenvalue weighted by Crippen LogP contribution is 2.39. The van der Waals surface area contributed by atoms with Crippen molar-refractivity contribution >= 4 is 23.4 Å². The van der Waals surface area contributed by atoms with Gasteiger partial charge in [-0.2, -0.15) is 16.2 Å². The summed E-state index contributed by atoms with van der Waals surface area (Å²) < 4.78 is 13.3. The van der Waals surface area contributed by atoms with Crippen molar-refractivity contribution in [2.75, 3.05) is 12.8 Å². The Morgan fingerprint density at radius 2 is 2.14 bits per heavy atom. The first kappa shape index (κ1) is 15.8. The molecule has 0 bridgehead atoms. The number of hydrogen-bond acceptors (Lipinski definition) is 4. The molecule has 0 heterocycles. The van der Waals surface area contributed by atoms with Crippen LogP contribution in [0, 0.1) is 15.9 Å². The maximum absolute atomic E-state index is 13.3. The lowest BCUT2D eigenvalue weighted by atomic mass is 10.1. The van der Waals surface area contributed by atoms with E-state index in [0.717, 1.165) is 37.8 Å². The predicted molar refractivity (Wildman–Crippen MR) is 80.1 cm³/mol. The number of halogens is 1. The largest absolute Gasteiger partial charge is 0.351 e. The molecule has 0 saturated heterocycles. The van der Waals surface area contributed by atoms with Gasteiger partial charge in [-0.25, -0.2) is 0 Å². The monoisotopic (exact) mass is 312 g/mol. The summed E-state index contributed by atoms with van der Waals surface area (Å²) in [5.41, 5.74) is -0.569. The van der Waals surface area contributed by atoms with Gasteiger partial charge in [0.05, 0.1) is 4.92 Å². The summed E-state index contributed by atoms with van der Waals surface area (Å²) in [6.45, 7) is 0.526. The lowest BCUT2D eigenvalue weighted by molar-refractivity contribution is -0.387. The molecule has 1 aromatic rings. The summed E-state index contributed by atoms with van der Waals surface area (Å²) in [5, 5.41) is 13.5. The number of carbonyl (C=O) groups is 1. The van der Waals surface area contributed by atoms with Gasteiger partial charge in [-0.3, -0.25) is 14.9 Å². The fourth-order valence-corrected chi connectivity index (χ4v) is 3.52. The third-order valence-electron chi connectivity index (χ3n) is 3.92. The van der Waals surface area contributed by atoms with Gasteiger partial charge in [0.15, 0.2) is 0 Å². The van der Waals surface area contributed by atoms with Crippen molar-refractivity contribution in [3.8, 4) is 0 Å². The molecule has 2 rings (SSSR count). The number of nitrogens with one attached hydrogen (secondary N) is 1. The Morgan fingerprint density at radius 1 is 1.48 bits per heavy atom. The third-order valence-corrected chi connectivity index (χ3v) is 5.34. The summed E-state index contributed by atoms with van der Waals surface area (Å²) in [5.74, 6) is -1.34. The Hall–Kier alpha value is -1.63. The summed E-state index contributed by atoms with van der Waals surface area (Å²) in [4.78, 5) is 21.9. The zero-order valence-corrected chi connectivity index (χ0v) is 12.5. The number of carbonyl (C=O) groups excluding carboxylic acids is 1. The second-order valence-electron chi connectivity index (χ2n) is 5.20. The Morgan fingerprint density at radius 3 is 2.71 bits per heavy atom. The Kier molecular flexibility index (Phi) is 4.82. The summed E-state index contributed by atoms with van der Waals surface area (Å²) in [6, 6.07) is 3.19. The van der Waals surface area contributed by atoms with Gasteiger partial charge in [-0.1, -0.05) is 12.8 Å². The quantitative estimate of drug-likeness (QED) is 0.669. The first-order chi connectivity index (χ1) is 9.97. The Bertz CT molecular complexity index is 559. The first-order valence-electron chi connectivity index (χ1n) is 6.75. The van der Waals surface area contributed by atoms with Crippen LogP contribution in [0.5, 0.6) is 0 Å². The second-order valence-corrected chi connectivity index (χ2v) is 6.47. The summed E-state index contributed by atoms with van der Waals surface area (Å²) in [6.07, 6.45) is 6.44. The molecule has 1 fully saturated rings. The fraction of sp³-hybridized carbons (Fsp3) is 0.500. The highest BCUT2D eigenvalue weighted by atomic mass is 32.2. The molecule has 114 valence electrons. The molecule has 1 N–H and O–H groups in total. The molecule has 1 aliphatic rings. The van der Waals surface area contributed by atoms with E-state index in [2.05, 4.69) is 5.32 Å². The predicted octanol–water partition coefficient (Wildman–Crippen LogP) is 3.14. The van der Waals surface area contributed by atoms with Gasteiger partial charge in [0, 0.05) is 22.9 Å². The van der Waals surface area contributed by atoms with Crippen LogP contribution in [-0.4, -0.2) is 28.4 Å². The van der Waals surface area contributed by atoms with Crippen molar-refractivity contribution < 1.29 is 14.1 Å². The van der Waals surface area contributed by atoms with Crippen molar-refractivity contribution in [2.24, 2.45) is 0 Å². The van der Waals surface area contributed by atoms with Gasteiger partial charge < -0.3 is 5.32 Å². The van der Waals surface area contributed by atoms with Crippen LogP contribution in [0.4, 0.5) is 10.1 Å². The van der Waals surface area contributed by atoms with Crippen molar-refractivity contribution in [1.82, 2.24) is 5.32 Å². The van der Waals surface area contributed by atoms with E-state index in [4.69, 9.17) is 0 Å². The average molecular weight is 312 g/mol. The maximum atomic E-state index is 13.3. The molecule has 1 aromatic carbocycles. The number of nitro groups is 1. The minimum Gasteiger partial charge on any atom is -0.351 e. The van der Waals surface area contributed by atoms with Crippen molar-refractivity contribution in [2.45, 2.75) is 30.4 Å². The lowest BCUT2D eigenvalue weighted by Gasteiger charge is -2.26. The SMILES string of the molecule is CSC1(CNC(=O)c2ccc(F)c([N+](=O)[O-])c2)CCCC1. The number of amides is 1. The number of benzene rings is 1. The highest BCUT2D eigenvalue weighted by Gasteiger charge is 2.33. The zero-order chi connectivity index (χ0) is 15.5. The molecule has 0 atom stereocenters. The molecule has 21 heavy (non-hydrogen) atoms. The zero-order valence-electron chi connectivity index (χ0n) is 11.7. The van der Waals surface area contributed by atoms with Crippen LogP contribution in [0.15, 0.2) is 18.2 Å². The molecular weight excluding hydrogens is 295 g/mol. The molecule has 0 aliphatic heterocycles. The number of nitrogens with zero attached hydrogens (tertiary/aromatic N) is 1. The Balaban J connectivity index is 2.07. The Labute approximate surface area is 126 Å². The minimum atomic E-state index is -0.937. The molecular formula is C14H17FN2O3S. The smallest absolute Gasteiger partial charge is 0.305 e. The number of thioether (sulfide) groups is 1. The molecule has 7 heteroatoms. The molecule has 0 spiro atoms. The first-order valence-corrected chi connectivity index (χ1v) is 7.97. The van der Waals surface area contributed by atoms with Crippen LogP contribution in [0.25, 0.3) is 0 Å². The van der Waals surface area contributed by atoms with Gasteiger partial charge in [0.25, 0.3) is 5.91 Å². The lowest BCUT2D eigenvalue weighted by Crippen LogP contribution is -2.38. The average Bonchev–Trinajstić information content (AvgIpc) is 2.94. The van der Waals surface area contributed by atoms with E-state index in [-0.39, 0.29) is 10.3 Å². The molecule has 1 aliphatic carbocycles. The standard InChI is InChI=1S/C14H17FN2O3S/c1-21-14(6-2-3-7-14)9-16-13(18)10-4-5-11(15)12(8-10)17(19)20/h4-5,8H,2-3,6-7,9H2,1H3,(H,16,18). The van der Waals surface area contributed by atoms with E-state index in [1.165, 1.54) is 6.07 Å². The van der Waals surface area contributed by atoms with E-state index in [1.807, 2.05) is 6.26 Å². The number of hydrogen-bond donors (Lipinski definition) is 1. The van der Waals surface area contributed by atoms with Crippen LogP contribution in [0.2, 0.25) is 0 Å². The van der Waals surface area contributed by atoms with Crippen LogP contribution >= 0.6 is 11.8 Å². The molecule has 0 unspecified atom stereocenters. The molecule has 1 saturated carbocycles. The molecule has 0 radical (unpaired) electrons. The second kappa shape index (κ2) is 6.43. The van der Waals surface area contributed by atoms with Gasteiger partial charge in [-0.05, 0) is 31.2 Å². The molecule has 1 amide bonds. The van der Waals surface area contributed by atoms with Crippen molar-refractivity contribution in [1.29, 1.82) is 0 Å². The van der Waals surface area contributed by atoms with Gasteiger partial charge in [0.1, 0.15) is 0 Å². The van der Waals surface area contributed by atoms with E-state index < -0.39 is 22.3 Å². The normalized spacial score (nSPS) is 16.7.